The highest BCUT2D eigenvalue weighted by molar-refractivity contribution is 5.78. The van der Waals surface area contributed by atoms with Crippen LogP contribution in [0.15, 0.2) is 70.4 Å². The van der Waals surface area contributed by atoms with Crippen LogP contribution in [0, 0.1) is 12.7 Å². The summed E-state index contributed by atoms with van der Waals surface area (Å²) in [7, 11) is 0. The molecular formula is C27H24F4N4O2. The van der Waals surface area contributed by atoms with E-state index in [9.17, 15) is 27.2 Å². The summed E-state index contributed by atoms with van der Waals surface area (Å²) in [4.78, 5) is 32.9. The molecule has 1 aliphatic rings. The highest BCUT2D eigenvalue weighted by atomic mass is 19.4. The number of aryl methyl sites for hydroxylation is 1. The van der Waals surface area contributed by atoms with E-state index in [0.717, 1.165) is 16.2 Å². The van der Waals surface area contributed by atoms with Crippen molar-refractivity contribution < 1.29 is 17.6 Å². The summed E-state index contributed by atoms with van der Waals surface area (Å²) in [6, 6.07) is 12.9. The molecule has 0 aliphatic carbocycles. The van der Waals surface area contributed by atoms with E-state index in [2.05, 4.69) is 4.98 Å². The molecule has 0 amide bonds. The van der Waals surface area contributed by atoms with Gasteiger partial charge in [0.25, 0.3) is 5.56 Å². The van der Waals surface area contributed by atoms with Crippen LogP contribution < -0.4 is 16.1 Å². The van der Waals surface area contributed by atoms with E-state index >= 15 is 0 Å². The molecule has 2 aromatic heterocycles. The summed E-state index contributed by atoms with van der Waals surface area (Å²) in [5, 5.41) is 0.235. The van der Waals surface area contributed by atoms with Crippen LogP contribution in [-0.4, -0.2) is 27.2 Å². The Hall–Kier alpha value is -3.95. The number of benzene rings is 2. The van der Waals surface area contributed by atoms with Crippen molar-refractivity contribution >= 4 is 16.6 Å². The van der Waals surface area contributed by atoms with E-state index in [1.807, 2.05) is 17.9 Å². The van der Waals surface area contributed by atoms with Crippen molar-refractivity contribution in [1.29, 1.82) is 0 Å². The average molecular weight is 513 g/mol. The second-order valence-corrected chi connectivity index (χ2v) is 9.18. The largest absolute Gasteiger partial charge is 0.418 e. The number of nitrogens with zero attached hydrogens (tertiary/aromatic N) is 4. The van der Waals surface area contributed by atoms with Crippen LogP contribution in [0.2, 0.25) is 0 Å². The zero-order chi connectivity index (χ0) is 26.3. The van der Waals surface area contributed by atoms with E-state index in [1.54, 1.807) is 30.3 Å². The first-order chi connectivity index (χ1) is 17.7. The molecule has 6 nitrogen and oxygen atoms in total. The first-order valence-electron chi connectivity index (χ1n) is 11.9. The number of pyridine rings is 1. The average Bonchev–Trinajstić information content (AvgIpc) is 2.87. The molecule has 0 radical (unpaired) electrons. The third-order valence-corrected chi connectivity index (χ3v) is 6.92. The minimum Gasteiger partial charge on any atom is -0.369 e. The van der Waals surface area contributed by atoms with Crippen molar-refractivity contribution in [3.8, 4) is 0 Å². The third kappa shape index (κ3) is 4.52. The van der Waals surface area contributed by atoms with E-state index in [1.165, 1.54) is 22.9 Å². The Bertz CT molecular complexity index is 1560. The quantitative estimate of drug-likeness (QED) is 0.365. The van der Waals surface area contributed by atoms with E-state index < -0.39 is 35.6 Å². The number of halogens is 4. The van der Waals surface area contributed by atoms with Gasteiger partial charge in [0.15, 0.2) is 0 Å². The van der Waals surface area contributed by atoms with Crippen LogP contribution in [0.1, 0.15) is 35.7 Å². The molecule has 3 heterocycles. The van der Waals surface area contributed by atoms with Crippen LogP contribution in [0.5, 0.6) is 0 Å². The number of anilines is 1. The maximum atomic E-state index is 14.5. The molecule has 0 spiro atoms. The molecule has 5 rings (SSSR count). The van der Waals surface area contributed by atoms with Gasteiger partial charge in [-0.05, 0) is 55.7 Å². The standard InChI is InChI=1S/C27H24F4N4O2/c1-17-6-4-9-21(28)24(17)33-14-11-18(12-15-33)35-25(36)19-7-2-3-10-23(19)34(26(35)37)16-22-20(27(29,30)31)8-5-13-32-22/h2-10,13,18H,11-12,14-16H2,1H3. The Kier molecular flexibility index (Phi) is 6.35. The molecule has 1 fully saturated rings. The first-order valence-corrected chi connectivity index (χ1v) is 11.9. The topological polar surface area (TPSA) is 60.1 Å². The van der Waals surface area contributed by atoms with Crippen molar-refractivity contribution in [1.82, 2.24) is 14.1 Å². The first kappa shape index (κ1) is 24.7. The Morgan fingerprint density at radius 2 is 1.70 bits per heavy atom. The van der Waals surface area contributed by atoms with Crippen LogP contribution in [0.4, 0.5) is 23.2 Å². The number of hydrogen-bond donors (Lipinski definition) is 0. The van der Waals surface area contributed by atoms with E-state index in [0.29, 0.717) is 31.6 Å². The van der Waals surface area contributed by atoms with E-state index in [-0.39, 0.29) is 22.4 Å². The molecule has 4 aromatic rings. The lowest BCUT2D eigenvalue weighted by molar-refractivity contribution is -0.138. The van der Waals surface area contributed by atoms with Crippen LogP contribution in [-0.2, 0) is 12.7 Å². The van der Waals surface area contributed by atoms with E-state index in [4.69, 9.17) is 0 Å². The lowest BCUT2D eigenvalue weighted by Gasteiger charge is -2.35. The molecule has 0 bridgehead atoms. The lowest BCUT2D eigenvalue weighted by Crippen LogP contribution is -2.46. The zero-order valence-electron chi connectivity index (χ0n) is 20.0. The van der Waals surface area contributed by atoms with Gasteiger partial charge in [0.1, 0.15) is 5.82 Å². The maximum Gasteiger partial charge on any atom is 0.418 e. The van der Waals surface area contributed by atoms with Crippen LogP contribution in [0.3, 0.4) is 0 Å². The Morgan fingerprint density at radius 1 is 0.973 bits per heavy atom. The van der Waals surface area contributed by atoms with Gasteiger partial charge in [0, 0.05) is 25.3 Å². The lowest BCUT2D eigenvalue weighted by atomic mass is 10.0. The molecule has 2 aromatic carbocycles. The monoisotopic (exact) mass is 512 g/mol. The molecule has 0 unspecified atom stereocenters. The Labute approximate surface area is 209 Å². The summed E-state index contributed by atoms with van der Waals surface area (Å²) in [6.07, 6.45) is -2.60. The third-order valence-electron chi connectivity index (χ3n) is 6.92. The van der Waals surface area contributed by atoms with Crippen molar-refractivity contribution in [3.63, 3.8) is 0 Å². The van der Waals surface area contributed by atoms with Crippen molar-refractivity contribution in [3.05, 3.63) is 104 Å². The number of alkyl halides is 3. The van der Waals surface area contributed by atoms with Crippen molar-refractivity contribution in [2.45, 2.75) is 38.5 Å². The van der Waals surface area contributed by atoms with Crippen LogP contribution >= 0.6 is 0 Å². The molecular weight excluding hydrogens is 488 g/mol. The second-order valence-electron chi connectivity index (χ2n) is 9.18. The van der Waals surface area contributed by atoms with Gasteiger partial charge in [-0.15, -0.1) is 0 Å². The van der Waals surface area contributed by atoms with Gasteiger partial charge in [-0.1, -0.05) is 24.3 Å². The van der Waals surface area contributed by atoms with Gasteiger partial charge in [0.05, 0.1) is 34.4 Å². The number of rotatable bonds is 4. The maximum absolute atomic E-state index is 14.5. The van der Waals surface area contributed by atoms with Crippen LogP contribution in [0.25, 0.3) is 10.9 Å². The zero-order valence-corrected chi connectivity index (χ0v) is 20.0. The summed E-state index contributed by atoms with van der Waals surface area (Å²) in [5.41, 5.74) is -0.891. The Morgan fingerprint density at radius 3 is 2.41 bits per heavy atom. The molecule has 0 N–H and O–H groups in total. The van der Waals surface area contributed by atoms with Gasteiger partial charge >= 0.3 is 11.9 Å². The summed E-state index contributed by atoms with van der Waals surface area (Å²) >= 11 is 0. The molecule has 0 atom stereocenters. The number of para-hydroxylation sites is 2. The summed E-state index contributed by atoms with van der Waals surface area (Å²) in [5.74, 6) is -0.334. The molecule has 10 heteroatoms. The van der Waals surface area contributed by atoms with Gasteiger partial charge in [-0.3, -0.25) is 18.9 Å². The van der Waals surface area contributed by atoms with Gasteiger partial charge in [-0.2, -0.15) is 13.2 Å². The van der Waals surface area contributed by atoms with Gasteiger partial charge in [0.2, 0.25) is 0 Å². The van der Waals surface area contributed by atoms with Gasteiger partial charge in [-0.25, -0.2) is 9.18 Å². The number of hydrogen-bond acceptors (Lipinski definition) is 4. The fourth-order valence-electron chi connectivity index (χ4n) is 5.16. The predicted molar refractivity (Wildman–Crippen MR) is 132 cm³/mol. The minimum atomic E-state index is -4.64. The normalized spacial score (nSPS) is 14.9. The predicted octanol–water partition coefficient (Wildman–Crippen LogP) is 4.91. The highest BCUT2D eigenvalue weighted by Gasteiger charge is 2.34. The van der Waals surface area contributed by atoms with Crippen molar-refractivity contribution in [2.75, 3.05) is 18.0 Å². The van der Waals surface area contributed by atoms with Gasteiger partial charge < -0.3 is 4.90 Å². The number of fused-ring (bicyclic) bond motifs is 1. The molecule has 0 saturated carbocycles. The summed E-state index contributed by atoms with van der Waals surface area (Å²) in [6.45, 7) is 2.22. The molecule has 192 valence electrons. The fourth-order valence-corrected chi connectivity index (χ4v) is 5.16. The highest BCUT2D eigenvalue weighted by Crippen LogP contribution is 2.32. The van der Waals surface area contributed by atoms with Crippen molar-refractivity contribution in [2.24, 2.45) is 0 Å². The number of aromatic nitrogens is 3. The SMILES string of the molecule is Cc1cccc(F)c1N1CCC(n2c(=O)c3ccccc3n(Cc3ncccc3C(F)(F)F)c2=O)CC1. The molecule has 1 saturated heterocycles. The number of piperidine rings is 1. The second kappa shape index (κ2) is 9.49. The smallest absolute Gasteiger partial charge is 0.369 e. The minimum absolute atomic E-state index is 0.235. The Balaban J connectivity index is 1.56. The molecule has 37 heavy (non-hydrogen) atoms. The summed E-state index contributed by atoms with van der Waals surface area (Å²) < 4.78 is 57.7. The molecule has 1 aliphatic heterocycles. The fraction of sp³-hybridized carbons (Fsp3) is 0.296.